The fraction of sp³-hybridized carbons (Fsp3) is 0.409. The molecule has 1 aromatic carbocycles. The molecule has 2 atom stereocenters. The van der Waals surface area contributed by atoms with Crippen LogP contribution in [0.25, 0.3) is 10.2 Å². The number of urea groups is 1. The Labute approximate surface area is 193 Å². The zero-order valence-corrected chi connectivity index (χ0v) is 19.2. The monoisotopic (exact) mass is 472 g/mol. The summed E-state index contributed by atoms with van der Waals surface area (Å²) in [5, 5.41) is 6.72. The largest absolute Gasteiger partial charge is 0.328 e. The fourth-order valence-corrected chi connectivity index (χ4v) is 4.69. The van der Waals surface area contributed by atoms with Gasteiger partial charge >= 0.3 is 6.03 Å². The van der Waals surface area contributed by atoms with Gasteiger partial charge in [0.15, 0.2) is 5.13 Å². The number of carbonyl (C=O) groups is 6. The van der Waals surface area contributed by atoms with Crippen LogP contribution in [0.5, 0.6) is 0 Å². The van der Waals surface area contributed by atoms with E-state index >= 15 is 0 Å². The number of amides is 5. The van der Waals surface area contributed by atoms with Crippen molar-refractivity contribution in [3.05, 3.63) is 23.8 Å². The number of rotatable bonds is 9. The molecule has 11 heteroatoms. The molecule has 3 N–H and O–H groups in total. The van der Waals surface area contributed by atoms with Gasteiger partial charge in [0.1, 0.15) is 11.7 Å². The van der Waals surface area contributed by atoms with E-state index in [4.69, 9.17) is 0 Å². The van der Waals surface area contributed by atoms with Gasteiger partial charge in [-0.05, 0) is 43.9 Å². The Balaban J connectivity index is 1.70. The van der Waals surface area contributed by atoms with Crippen molar-refractivity contribution >= 4 is 62.0 Å². The second-order valence-corrected chi connectivity index (χ2v) is 8.90. The van der Waals surface area contributed by atoms with Crippen LogP contribution in [-0.4, -0.2) is 40.3 Å². The van der Waals surface area contributed by atoms with Crippen LogP contribution in [0, 0.1) is 24.7 Å². The number of nitrogens with one attached hydrogen (secondary N) is 3. The number of imide groups is 2. The lowest BCUT2D eigenvalue weighted by Gasteiger charge is -2.25. The van der Waals surface area contributed by atoms with E-state index in [0.717, 1.165) is 10.3 Å². The van der Waals surface area contributed by atoms with Crippen molar-refractivity contribution in [2.75, 3.05) is 5.32 Å². The molecule has 0 bridgehead atoms. The Kier molecular flexibility index (Phi) is 7.32. The van der Waals surface area contributed by atoms with Gasteiger partial charge in [-0.1, -0.05) is 31.3 Å². The Bertz CT molecular complexity index is 1140. The average molecular weight is 473 g/mol. The van der Waals surface area contributed by atoms with E-state index in [0.29, 0.717) is 5.52 Å². The van der Waals surface area contributed by atoms with Crippen molar-refractivity contribution in [1.82, 2.24) is 15.6 Å². The first-order valence-corrected chi connectivity index (χ1v) is 11.4. The van der Waals surface area contributed by atoms with Gasteiger partial charge in [0.25, 0.3) is 5.91 Å². The molecule has 0 aliphatic carbocycles. The van der Waals surface area contributed by atoms with Crippen LogP contribution in [0.1, 0.15) is 38.7 Å². The number of benzene rings is 1. The summed E-state index contributed by atoms with van der Waals surface area (Å²) < 4.78 is 0.856. The summed E-state index contributed by atoms with van der Waals surface area (Å²) in [5.41, 5.74) is 1.72. The van der Waals surface area contributed by atoms with Crippen molar-refractivity contribution < 1.29 is 28.8 Å². The summed E-state index contributed by atoms with van der Waals surface area (Å²) in [6.45, 7) is 5.23. The maximum Gasteiger partial charge on any atom is 0.328 e. The Morgan fingerprint density at radius 2 is 1.76 bits per heavy atom. The number of carbonyl (C=O) groups excluding carboxylic acids is 6. The molecular formula is C22H24N4O6S. The molecular weight excluding hydrogens is 448 g/mol. The number of anilines is 1. The first-order valence-electron chi connectivity index (χ1n) is 10.6. The molecule has 2 aromatic rings. The zero-order valence-electron chi connectivity index (χ0n) is 18.4. The van der Waals surface area contributed by atoms with Gasteiger partial charge in [0.05, 0.1) is 16.1 Å². The number of aryl methyl sites for hydroxylation is 1. The molecule has 0 spiro atoms. The van der Waals surface area contributed by atoms with E-state index in [1.54, 1.807) is 13.8 Å². The topological polar surface area (TPSA) is 151 Å². The van der Waals surface area contributed by atoms with Crippen LogP contribution >= 0.6 is 11.3 Å². The Morgan fingerprint density at radius 3 is 2.36 bits per heavy atom. The van der Waals surface area contributed by atoms with E-state index in [9.17, 15) is 28.8 Å². The summed E-state index contributed by atoms with van der Waals surface area (Å²) in [7, 11) is 0. The summed E-state index contributed by atoms with van der Waals surface area (Å²) in [6, 6.07) is 4.70. The second-order valence-electron chi connectivity index (χ2n) is 7.87. The minimum atomic E-state index is -1.23. The number of Topliss-reactive ketones (excluding diaryl/α,β-unsaturated/α-hetero) is 2. The highest BCUT2D eigenvalue weighted by atomic mass is 32.1. The van der Waals surface area contributed by atoms with E-state index in [1.165, 1.54) is 11.3 Å². The van der Waals surface area contributed by atoms with Crippen molar-refractivity contribution in [3.8, 4) is 0 Å². The highest BCUT2D eigenvalue weighted by molar-refractivity contribution is 7.22. The summed E-state index contributed by atoms with van der Waals surface area (Å²) in [6.07, 6.45) is 0.178. The number of hydrogen-bond acceptors (Lipinski definition) is 8. The summed E-state index contributed by atoms with van der Waals surface area (Å²) >= 11 is 1.22. The number of aromatic nitrogens is 1. The molecule has 0 radical (unpaired) electrons. The van der Waals surface area contributed by atoms with Gasteiger partial charge in [-0.3, -0.25) is 39.9 Å². The number of thiazole rings is 1. The van der Waals surface area contributed by atoms with Crippen molar-refractivity contribution in [2.24, 2.45) is 17.8 Å². The fourth-order valence-electron chi connectivity index (χ4n) is 3.73. The highest BCUT2D eigenvalue weighted by Crippen LogP contribution is 2.28. The normalized spacial score (nSPS) is 16.2. The lowest BCUT2D eigenvalue weighted by Crippen LogP contribution is -2.56. The molecule has 33 heavy (non-hydrogen) atoms. The van der Waals surface area contributed by atoms with Crippen LogP contribution in [-0.2, 0) is 24.0 Å². The summed E-state index contributed by atoms with van der Waals surface area (Å²) in [4.78, 5) is 78.1. The molecule has 0 saturated carbocycles. The lowest BCUT2D eigenvalue weighted by molar-refractivity contribution is -0.143. The van der Waals surface area contributed by atoms with Crippen molar-refractivity contribution in [1.29, 1.82) is 0 Å². The van der Waals surface area contributed by atoms with Gasteiger partial charge in [0, 0.05) is 5.92 Å². The van der Waals surface area contributed by atoms with Gasteiger partial charge in [-0.15, -0.1) is 0 Å². The molecule has 0 unspecified atom stereocenters. The first kappa shape index (κ1) is 24.2. The SMILES string of the molecule is CC[C@H](CC1C(=O)NC(=O)NC1=O)C(=O)[C@H](CC)C(=O)C(=O)Nc1nc2ccc(C)cc2s1. The third-order valence-corrected chi connectivity index (χ3v) is 6.51. The average Bonchev–Trinajstić information content (AvgIpc) is 3.14. The number of nitrogens with zero attached hydrogens (tertiary/aromatic N) is 1. The predicted molar refractivity (Wildman–Crippen MR) is 120 cm³/mol. The minimum Gasteiger partial charge on any atom is -0.299 e. The van der Waals surface area contributed by atoms with Crippen molar-refractivity contribution in [3.63, 3.8) is 0 Å². The van der Waals surface area contributed by atoms with Crippen LogP contribution < -0.4 is 16.0 Å². The molecule has 1 saturated heterocycles. The van der Waals surface area contributed by atoms with E-state index in [1.807, 2.05) is 35.8 Å². The van der Waals surface area contributed by atoms with Gasteiger partial charge < -0.3 is 0 Å². The maximum atomic E-state index is 13.1. The van der Waals surface area contributed by atoms with Crippen LogP contribution in [0.15, 0.2) is 18.2 Å². The van der Waals surface area contributed by atoms with E-state index in [2.05, 4.69) is 10.3 Å². The molecule has 1 aromatic heterocycles. The minimum absolute atomic E-state index is 0.0855. The van der Waals surface area contributed by atoms with Crippen LogP contribution in [0.2, 0.25) is 0 Å². The molecule has 1 aliphatic heterocycles. The molecule has 10 nitrogen and oxygen atoms in total. The smallest absolute Gasteiger partial charge is 0.299 e. The zero-order chi connectivity index (χ0) is 24.3. The highest BCUT2D eigenvalue weighted by Gasteiger charge is 2.40. The van der Waals surface area contributed by atoms with E-state index in [-0.39, 0.29) is 24.4 Å². The Hall–Kier alpha value is -3.47. The lowest BCUT2D eigenvalue weighted by atomic mass is 9.80. The summed E-state index contributed by atoms with van der Waals surface area (Å²) in [5.74, 6) is -7.21. The Morgan fingerprint density at radius 1 is 1.09 bits per heavy atom. The molecule has 3 rings (SSSR count). The number of hydrogen-bond donors (Lipinski definition) is 3. The number of ketones is 2. The van der Waals surface area contributed by atoms with Crippen LogP contribution in [0.4, 0.5) is 9.93 Å². The molecule has 174 valence electrons. The quantitative estimate of drug-likeness (QED) is 0.373. The third-order valence-electron chi connectivity index (χ3n) is 5.58. The second kappa shape index (κ2) is 9.99. The van der Waals surface area contributed by atoms with Gasteiger partial charge in [-0.25, -0.2) is 9.78 Å². The van der Waals surface area contributed by atoms with E-state index < -0.39 is 53.1 Å². The molecule has 1 fully saturated rings. The molecule has 2 heterocycles. The standard InChI is InChI=1S/C22H24N4O6S/c1-4-11(9-13-18(29)24-21(32)25-19(13)30)16(27)12(5-2)17(28)20(31)26-22-23-14-7-6-10(3)8-15(14)33-22/h6-8,11-13H,4-5,9H2,1-3H3,(H,23,26,31)(H2,24,25,29,30,32)/t11-,12+/m1/s1. The molecule has 5 amide bonds. The number of barbiturate groups is 1. The van der Waals surface area contributed by atoms with Gasteiger partial charge in [-0.2, -0.15) is 0 Å². The van der Waals surface area contributed by atoms with Crippen molar-refractivity contribution in [2.45, 2.75) is 40.0 Å². The third kappa shape index (κ3) is 5.30. The maximum absolute atomic E-state index is 13.1. The first-order chi connectivity index (χ1) is 15.6. The molecule has 1 aliphatic rings. The van der Waals surface area contributed by atoms with Gasteiger partial charge in [0.2, 0.25) is 17.6 Å². The number of fused-ring (bicyclic) bond motifs is 1. The van der Waals surface area contributed by atoms with Crippen LogP contribution in [0.3, 0.4) is 0 Å². The predicted octanol–water partition coefficient (Wildman–Crippen LogP) is 2.11.